The quantitative estimate of drug-likeness (QED) is 0.0520. The second-order valence-corrected chi connectivity index (χ2v) is 16.3. The third-order valence-corrected chi connectivity index (χ3v) is 11.4. The first-order chi connectivity index (χ1) is 30.7. The summed E-state index contributed by atoms with van der Waals surface area (Å²) in [5.74, 6) is -2.88. The number of fused-ring (bicyclic) bond motifs is 2. The van der Waals surface area contributed by atoms with Gasteiger partial charge in [-0.2, -0.15) is 0 Å². The van der Waals surface area contributed by atoms with Crippen molar-refractivity contribution in [3.8, 4) is 0 Å². The molecule has 7 amide bonds. The molecule has 3 heterocycles. The number of nitrogens with two attached hydrogens (primary N) is 3. The van der Waals surface area contributed by atoms with Crippen LogP contribution in [0, 0.1) is 0 Å². The first-order valence-corrected chi connectivity index (χ1v) is 21.9. The van der Waals surface area contributed by atoms with Gasteiger partial charge in [0.25, 0.3) is 5.91 Å². The molecule has 3 atom stereocenters. The van der Waals surface area contributed by atoms with Crippen LogP contribution in [-0.2, 0) is 28.8 Å². The summed E-state index contributed by atoms with van der Waals surface area (Å²) in [4.78, 5) is 102. The molecule has 2 fully saturated rings. The summed E-state index contributed by atoms with van der Waals surface area (Å²) in [7, 11) is 0. The lowest BCUT2D eigenvalue weighted by Crippen LogP contribution is -2.56. The summed E-state index contributed by atoms with van der Waals surface area (Å²) >= 11 is 0. The SMILES string of the molecule is CC(=O)N[C@@H](CCCN)C(=O)NC(=O)[C@H](C)NC(=O)[C@H](CCN=C(N)N)NCCN1CCN(CC(=O)NC2CCN(CC(=O)N3c4ccccc4NC(=O)c4ccccc43)CC2)CC1. The van der Waals surface area contributed by atoms with E-state index in [1.165, 1.54) is 13.8 Å². The zero-order valence-electron chi connectivity index (χ0n) is 36.8. The topological polar surface area (TPSA) is 295 Å². The number of carbonyl (C=O) groups excluding carboxylic acids is 7. The Labute approximate surface area is 373 Å². The van der Waals surface area contributed by atoms with Crippen molar-refractivity contribution < 1.29 is 33.6 Å². The highest BCUT2D eigenvalue weighted by Gasteiger charge is 2.32. The normalized spacial score (nSPS) is 17.3. The minimum absolute atomic E-state index is 0.00136. The van der Waals surface area contributed by atoms with E-state index in [1.807, 2.05) is 24.3 Å². The number of nitrogens with zero attached hydrogens (tertiary/aromatic N) is 5. The second-order valence-electron chi connectivity index (χ2n) is 16.3. The maximum atomic E-state index is 13.9. The van der Waals surface area contributed by atoms with Gasteiger partial charge in [0, 0.05) is 71.9 Å². The number of imide groups is 1. The molecule has 64 heavy (non-hydrogen) atoms. The Balaban J connectivity index is 1.01. The van der Waals surface area contributed by atoms with Crippen molar-refractivity contribution in [2.24, 2.45) is 22.2 Å². The van der Waals surface area contributed by atoms with E-state index >= 15 is 0 Å². The molecular formula is C43H64N14O7. The predicted molar refractivity (Wildman–Crippen MR) is 242 cm³/mol. The predicted octanol–water partition coefficient (Wildman–Crippen LogP) is -1.87. The molecule has 21 nitrogen and oxygen atoms in total. The van der Waals surface area contributed by atoms with Crippen molar-refractivity contribution in [3.63, 3.8) is 0 Å². The van der Waals surface area contributed by atoms with Crippen LogP contribution in [0.3, 0.4) is 0 Å². The highest BCUT2D eigenvalue weighted by molar-refractivity contribution is 6.18. The Kier molecular flexibility index (Phi) is 18.5. The fourth-order valence-electron chi connectivity index (χ4n) is 7.95. The van der Waals surface area contributed by atoms with Crippen LogP contribution in [0.25, 0.3) is 0 Å². The van der Waals surface area contributed by atoms with Gasteiger partial charge in [0.15, 0.2) is 5.96 Å². The van der Waals surface area contributed by atoms with E-state index in [0.717, 1.165) is 13.1 Å². The van der Waals surface area contributed by atoms with Crippen molar-refractivity contribution in [2.45, 2.75) is 70.1 Å². The molecule has 0 radical (unpaired) electrons. The van der Waals surface area contributed by atoms with Crippen LogP contribution in [0.4, 0.5) is 17.1 Å². The average molecular weight is 889 g/mol. The van der Waals surface area contributed by atoms with E-state index in [1.54, 1.807) is 29.2 Å². The number of guanidine groups is 1. The van der Waals surface area contributed by atoms with Crippen LogP contribution >= 0.6 is 0 Å². The number of hydrogen-bond acceptors (Lipinski definition) is 13. The minimum Gasteiger partial charge on any atom is -0.370 e. The van der Waals surface area contributed by atoms with Crippen LogP contribution in [0.5, 0.6) is 0 Å². The van der Waals surface area contributed by atoms with E-state index < -0.39 is 41.8 Å². The van der Waals surface area contributed by atoms with Gasteiger partial charge in [0.05, 0.1) is 41.8 Å². The Morgan fingerprint density at radius 1 is 0.797 bits per heavy atom. The highest BCUT2D eigenvalue weighted by Crippen LogP contribution is 2.37. The molecular weight excluding hydrogens is 825 g/mol. The summed E-state index contributed by atoms with van der Waals surface area (Å²) < 4.78 is 0. The van der Waals surface area contributed by atoms with Crippen molar-refractivity contribution >= 4 is 64.4 Å². The molecule has 12 N–H and O–H groups in total. The van der Waals surface area contributed by atoms with E-state index in [4.69, 9.17) is 17.2 Å². The van der Waals surface area contributed by atoms with Gasteiger partial charge >= 0.3 is 0 Å². The number of piperazine rings is 1. The van der Waals surface area contributed by atoms with E-state index in [-0.39, 0.29) is 62.2 Å². The van der Waals surface area contributed by atoms with Crippen LogP contribution in [0.2, 0.25) is 0 Å². The molecule has 21 heteroatoms. The largest absolute Gasteiger partial charge is 0.370 e. The molecule has 2 aromatic carbocycles. The number of piperidine rings is 1. The first-order valence-electron chi connectivity index (χ1n) is 21.9. The van der Waals surface area contributed by atoms with Crippen molar-refractivity contribution in [1.82, 2.24) is 41.3 Å². The van der Waals surface area contributed by atoms with Gasteiger partial charge in [-0.05, 0) is 69.8 Å². The standard InChI is InChI=1S/C43H64N14O7/c1-28(39(61)53-42(64)34(10-7-16-44)50-29(2)58)49-41(63)33(13-17-48-43(45)46)47-18-21-54-22-24-56(25-23-54)26-37(59)51-30-14-19-55(20-15-30)27-38(60)57-35-11-5-3-8-31(35)40(62)52-32-9-4-6-12-36(32)57/h3-6,8-9,11-12,28,30,33-34,47H,7,10,13-27,44H2,1-2H3,(H,49,63)(H,50,58)(H,51,59)(H,52,62)(H4,45,46,48)(H,53,61,64)/t28-,33-,34-/m0/s1. The van der Waals surface area contributed by atoms with Crippen LogP contribution in [0.1, 0.15) is 56.3 Å². The van der Waals surface area contributed by atoms with Gasteiger partial charge in [-0.3, -0.25) is 63.5 Å². The fraction of sp³-hybridized carbons (Fsp3) is 0.535. The molecule has 0 spiro atoms. The number of anilines is 3. The molecule has 3 aliphatic rings. The number of likely N-dealkylation sites (tertiary alicyclic amines) is 1. The highest BCUT2D eigenvalue weighted by atomic mass is 16.2. The molecule has 0 aliphatic carbocycles. The van der Waals surface area contributed by atoms with Crippen molar-refractivity contribution in [2.75, 3.05) is 88.8 Å². The van der Waals surface area contributed by atoms with Gasteiger partial charge in [-0.15, -0.1) is 0 Å². The number of benzene rings is 2. The Morgan fingerprint density at radius 2 is 1.45 bits per heavy atom. The summed E-state index contributed by atoms with van der Waals surface area (Å²) in [6.07, 6.45) is 2.37. The molecule has 0 aromatic heterocycles. The lowest BCUT2D eigenvalue weighted by molar-refractivity contribution is -0.136. The van der Waals surface area contributed by atoms with Gasteiger partial charge in [-0.1, -0.05) is 24.3 Å². The first kappa shape index (κ1) is 49.0. The average Bonchev–Trinajstić information content (AvgIpc) is 3.39. The van der Waals surface area contributed by atoms with Gasteiger partial charge in [0.2, 0.25) is 35.4 Å². The summed E-state index contributed by atoms with van der Waals surface area (Å²) in [6.45, 7) is 8.80. The van der Waals surface area contributed by atoms with E-state index in [2.05, 4.69) is 51.6 Å². The molecule has 0 bridgehead atoms. The van der Waals surface area contributed by atoms with Crippen molar-refractivity contribution in [3.05, 3.63) is 54.1 Å². The number of amides is 7. The van der Waals surface area contributed by atoms with Gasteiger partial charge in [0.1, 0.15) is 12.1 Å². The van der Waals surface area contributed by atoms with Crippen molar-refractivity contribution in [1.29, 1.82) is 0 Å². The minimum atomic E-state index is -1.06. The molecule has 2 aromatic rings. The van der Waals surface area contributed by atoms with Crippen LogP contribution < -0.4 is 54.0 Å². The van der Waals surface area contributed by atoms with Crippen LogP contribution in [-0.4, -0.2) is 165 Å². The van der Waals surface area contributed by atoms with Gasteiger partial charge < -0.3 is 43.8 Å². The Morgan fingerprint density at radius 3 is 2.14 bits per heavy atom. The Bertz CT molecular complexity index is 2000. The number of rotatable bonds is 20. The smallest absolute Gasteiger partial charge is 0.257 e. The third-order valence-electron chi connectivity index (χ3n) is 11.4. The molecule has 5 rings (SSSR count). The second kappa shape index (κ2) is 24.2. The monoisotopic (exact) mass is 889 g/mol. The lowest BCUT2D eigenvalue weighted by atomic mass is 10.0. The zero-order chi connectivity index (χ0) is 46.2. The zero-order valence-corrected chi connectivity index (χ0v) is 36.8. The summed E-state index contributed by atoms with van der Waals surface area (Å²) in [5.41, 5.74) is 18.7. The molecule has 3 aliphatic heterocycles. The number of hydrogen-bond donors (Lipinski definition) is 9. The Hall–Kier alpha value is -6.00. The fourth-order valence-corrected chi connectivity index (χ4v) is 7.95. The number of carbonyl (C=O) groups is 7. The van der Waals surface area contributed by atoms with E-state index in [0.29, 0.717) is 87.7 Å². The summed E-state index contributed by atoms with van der Waals surface area (Å²) in [5, 5.41) is 16.8. The lowest BCUT2D eigenvalue weighted by Gasteiger charge is -2.36. The number of aliphatic imine (C=N–C) groups is 1. The molecule has 348 valence electrons. The maximum Gasteiger partial charge on any atom is 0.257 e. The number of nitrogens with one attached hydrogen (secondary N) is 6. The molecule has 0 saturated carbocycles. The van der Waals surface area contributed by atoms with Crippen LogP contribution in [0.15, 0.2) is 53.5 Å². The maximum absolute atomic E-state index is 13.9. The summed E-state index contributed by atoms with van der Waals surface area (Å²) in [6, 6.07) is 11.6. The van der Waals surface area contributed by atoms with E-state index in [9.17, 15) is 33.6 Å². The van der Waals surface area contributed by atoms with Gasteiger partial charge in [-0.25, -0.2) is 0 Å². The molecule has 2 saturated heterocycles. The molecule has 0 unspecified atom stereocenters. The third kappa shape index (κ3) is 14.5. The number of para-hydroxylation sites is 3.